The Kier molecular flexibility index (Phi) is 4.99. The van der Waals surface area contributed by atoms with E-state index in [0.29, 0.717) is 12.6 Å². The third kappa shape index (κ3) is 3.36. The Morgan fingerprint density at radius 3 is 3.00 bits per heavy atom. The molecule has 0 bridgehead atoms. The van der Waals surface area contributed by atoms with E-state index in [9.17, 15) is 0 Å². The first-order valence-corrected chi connectivity index (χ1v) is 7.46. The van der Waals surface area contributed by atoms with Crippen molar-refractivity contribution in [2.24, 2.45) is 0 Å². The molecule has 2 unspecified atom stereocenters. The number of thiophene rings is 1. The summed E-state index contributed by atoms with van der Waals surface area (Å²) in [7, 11) is 1.71. The normalized spacial score (nSPS) is 14.3. The summed E-state index contributed by atoms with van der Waals surface area (Å²) in [6, 6.07) is 4.87. The van der Waals surface area contributed by atoms with E-state index >= 15 is 0 Å². The van der Waals surface area contributed by atoms with Crippen LogP contribution in [0.4, 0.5) is 5.95 Å². The van der Waals surface area contributed by atoms with Crippen molar-refractivity contribution in [2.75, 3.05) is 19.0 Å². The molecule has 104 valence electrons. The summed E-state index contributed by atoms with van der Waals surface area (Å²) < 4.78 is 7.36. The van der Waals surface area contributed by atoms with Crippen LogP contribution in [0.5, 0.6) is 0 Å². The number of hydrogen-bond donors (Lipinski definition) is 1. The average Bonchev–Trinajstić information content (AvgIpc) is 3.03. The van der Waals surface area contributed by atoms with Gasteiger partial charge in [-0.15, -0.1) is 11.3 Å². The summed E-state index contributed by atoms with van der Waals surface area (Å²) in [5.41, 5.74) is 0. The highest BCUT2D eigenvalue weighted by atomic mass is 32.1. The zero-order valence-electron chi connectivity index (χ0n) is 11.7. The van der Waals surface area contributed by atoms with Crippen LogP contribution in [-0.4, -0.2) is 29.3 Å². The third-order valence-corrected chi connectivity index (χ3v) is 4.03. The van der Waals surface area contributed by atoms with E-state index in [2.05, 4.69) is 46.2 Å². The van der Waals surface area contributed by atoms with Crippen molar-refractivity contribution in [3.05, 3.63) is 34.8 Å². The quantitative estimate of drug-likeness (QED) is 0.844. The van der Waals surface area contributed by atoms with Crippen LogP contribution < -0.4 is 5.32 Å². The Bertz CT molecular complexity index is 481. The molecule has 0 aliphatic heterocycles. The summed E-state index contributed by atoms with van der Waals surface area (Å²) in [4.78, 5) is 5.78. The van der Waals surface area contributed by atoms with Crippen molar-refractivity contribution < 1.29 is 4.74 Å². The van der Waals surface area contributed by atoms with Gasteiger partial charge in [0.05, 0.1) is 12.6 Å². The van der Waals surface area contributed by atoms with Gasteiger partial charge in [0.15, 0.2) is 0 Å². The van der Waals surface area contributed by atoms with Crippen molar-refractivity contribution in [3.8, 4) is 0 Å². The summed E-state index contributed by atoms with van der Waals surface area (Å²) in [6.07, 6.45) is 4.93. The molecule has 0 aliphatic rings. The van der Waals surface area contributed by atoms with Gasteiger partial charge in [0.1, 0.15) is 0 Å². The fourth-order valence-corrected chi connectivity index (χ4v) is 3.11. The molecule has 0 saturated carbocycles. The summed E-state index contributed by atoms with van der Waals surface area (Å²) in [5, 5.41) is 5.52. The standard InChI is InChI=1S/C14H21N3OS/c1-4-12(13-6-5-9-19-13)17-8-7-15-14(17)16-11(2)10-18-3/h5-9,11-12H,4,10H2,1-3H3,(H,15,16). The maximum Gasteiger partial charge on any atom is 0.203 e. The second-order valence-corrected chi connectivity index (χ2v) is 5.58. The highest BCUT2D eigenvalue weighted by Crippen LogP contribution is 2.28. The molecule has 0 amide bonds. The van der Waals surface area contributed by atoms with Crippen molar-refractivity contribution in [1.82, 2.24) is 9.55 Å². The summed E-state index contributed by atoms with van der Waals surface area (Å²) in [5.74, 6) is 0.907. The minimum atomic E-state index is 0.243. The van der Waals surface area contributed by atoms with Crippen LogP contribution in [0.25, 0.3) is 0 Å². The van der Waals surface area contributed by atoms with Gasteiger partial charge in [-0.05, 0) is 24.8 Å². The van der Waals surface area contributed by atoms with E-state index in [4.69, 9.17) is 4.74 Å². The lowest BCUT2D eigenvalue weighted by molar-refractivity contribution is 0.190. The van der Waals surface area contributed by atoms with Gasteiger partial charge in [-0.25, -0.2) is 4.98 Å². The van der Waals surface area contributed by atoms with Gasteiger partial charge in [0, 0.05) is 30.4 Å². The number of nitrogens with zero attached hydrogens (tertiary/aromatic N) is 2. The second-order valence-electron chi connectivity index (χ2n) is 4.60. The molecule has 4 nitrogen and oxygen atoms in total. The Morgan fingerprint density at radius 2 is 2.37 bits per heavy atom. The largest absolute Gasteiger partial charge is 0.383 e. The lowest BCUT2D eigenvalue weighted by Gasteiger charge is -2.20. The predicted octanol–water partition coefficient (Wildman–Crippen LogP) is 3.39. The van der Waals surface area contributed by atoms with Crippen molar-refractivity contribution >= 4 is 17.3 Å². The van der Waals surface area contributed by atoms with Gasteiger partial charge < -0.3 is 14.6 Å². The molecule has 0 fully saturated rings. The fraction of sp³-hybridized carbons (Fsp3) is 0.500. The van der Waals surface area contributed by atoms with E-state index in [1.54, 1.807) is 18.4 Å². The second kappa shape index (κ2) is 6.73. The lowest BCUT2D eigenvalue weighted by atomic mass is 10.2. The summed E-state index contributed by atoms with van der Waals surface area (Å²) >= 11 is 1.79. The molecule has 2 aromatic rings. The molecule has 0 saturated heterocycles. The van der Waals surface area contributed by atoms with E-state index in [1.165, 1.54) is 4.88 Å². The maximum absolute atomic E-state index is 5.15. The molecule has 0 aliphatic carbocycles. The molecule has 2 atom stereocenters. The molecular weight excluding hydrogens is 258 g/mol. The van der Waals surface area contributed by atoms with Crippen LogP contribution in [0.3, 0.4) is 0 Å². The number of hydrogen-bond acceptors (Lipinski definition) is 4. The highest BCUT2D eigenvalue weighted by Gasteiger charge is 2.16. The van der Waals surface area contributed by atoms with Gasteiger partial charge in [-0.3, -0.25) is 0 Å². The van der Waals surface area contributed by atoms with E-state index in [1.807, 2.05) is 12.4 Å². The monoisotopic (exact) mass is 279 g/mol. The van der Waals surface area contributed by atoms with E-state index in [-0.39, 0.29) is 6.04 Å². The number of anilines is 1. The minimum Gasteiger partial charge on any atom is -0.383 e. The van der Waals surface area contributed by atoms with Crippen molar-refractivity contribution in [1.29, 1.82) is 0 Å². The first kappa shape index (κ1) is 14.1. The van der Waals surface area contributed by atoms with Gasteiger partial charge in [-0.1, -0.05) is 13.0 Å². The maximum atomic E-state index is 5.15. The molecule has 1 N–H and O–H groups in total. The Hall–Kier alpha value is -1.33. The van der Waals surface area contributed by atoms with Crippen LogP contribution in [0.2, 0.25) is 0 Å². The smallest absolute Gasteiger partial charge is 0.203 e. The first-order chi connectivity index (χ1) is 9.26. The zero-order valence-corrected chi connectivity index (χ0v) is 12.5. The average molecular weight is 279 g/mol. The molecule has 2 rings (SSSR count). The minimum absolute atomic E-state index is 0.243. The SMILES string of the molecule is CCC(c1cccs1)n1ccnc1NC(C)COC. The third-order valence-electron chi connectivity index (χ3n) is 3.05. The number of rotatable bonds is 7. The van der Waals surface area contributed by atoms with E-state index in [0.717, 1.165) is 12.4 Å². The highest BCUT2D eigenvalue weighted by molar-refractivity contribution is 7.10. The van der Waals surface area contributed by atoms with Gasteiger partial charge in [-0.2, -0.15) is 0 Å². The van der Waals surface area contributed by atoms with Gasteiger partial charge in [0.25, 0.3) is 0 Å². The molecular formula is C14H21N3OS. The number of aromatic nitrogens is 2. The predicted molar refractivity (Wildman–Crippen MR) is 79.9 cm³/mol. The fourth-order valence-electron chi connectivity index (χ4n) is 2.20. The number of ether oxygens (including phenoxy) is 1. The molecule has 0 spiro atoms. The summed E-state index contributed by atoms with van der Waals surface area (Å²) in [6.45, 7) is 4.96. The Morgan fingerprint density at radius 1 is 1.53 bits per heavy atom. The lowest BCUT2D eigenvalue weighted by Crippen LogP contribution is -2.24. The van der Waals surface area contributed by atoms with Crippen LogP contribution in [0.15, 0.2) is 29.9 Å². The Labute approximate surface area is 118 Å². The first-order valence-electron chi connectivity index (χ1n) is 6.58. The van der Waals surface area contributed by atoms with E-state index < -0.39 is 0 Å². The van der Waals surface area contributed by atoms with Crippen molar-refractivity contribution in [3.63, 3.8) is 0 Å². The van der Waals surface area contributed by atoms with Crippen molar-refractivity contribution in [2.45, 2.75) is 32.4 Å². The van der Waals surface area contributed by atoms with Crippen LogP contribution >= 0.6 is 11.3 Å². The molecule has 19 heavy (non-hydrogen) atoms. The van der Waals surface area contributed by atoms with Crippen LogP contribution in [0, 0.1) is 0 Å². The molecule has 0 aromatic carbocycles. The molecule has 0 radical (unpaired) electrons. The number of methoxy groups -OCH3 is 1. The van der Waals surface area contributed by atoms with Gasteiger partial charge in [0.2, 0.25) is 5.95 Å². The number of nitrogens with one attached hydrogen (secondary N) is 1. The molecule has 5 heteroatoms. The zero-order chi connectivity index (χ0) is 13.7. The van der Waals surface area contributed by atoms with Gasteiger partial charge >= 0.3 is 0 Å². The van der Waals surface area contributed by atoms with Crippen LogP contribution in [0.1, 0.15) is 31.2 Å². The molecule has 2 aromatic heterocycles. The number of imidazole rings is 1. The Balaban J connectivity index is 2.18. The topological polar surface area (TPSA) is 39.1 Å². The van der Waals surface area contributed by atoms with Crippen LogP contribution in [-0.2, 0) is 4.74 Å². The molecule has 2 heterocycles.